The highest BCUT2D eigenvalue weighted by Crippen LogP contribution is 2.46. The Balaban J connectivity index is 1.88. The van der Waals surface area contributed by atoms with Crippen LogP contribution in [0.25, 0.3) is 0 Å². The highest BCUT2D eigenvalue weighted by Gasteiger charge is 2.47. The van der Waals surface area contributed by atoms with Gasteiger partial charge in [0.1, 0.15) is 0 Å². The van der Waals surface area contributed by atoms with Gasteiger partial charge in [-0.15, -0.1) is 0 Å². The molecule has 0 fully saturated rings. The van der Waals surface area contributed by atoms with Crippen molar-refractivity contribution < 1.29 is 4.84 Å². The Labute approximate surface area is 177 Å². The smallest absolute Gasteiger partial charge is 0.193 e. The number of unbranched alkanes of at least 4 members (excludes halogenated alkanes) is 4. The molecule has 2 heteroatoms. The number of rotatable bonds is 11. The van der Waals surface area contributed by atoms with Crippen LogP contribution in [0.4, 0.5) is 0 Å². The topological polar surface area (TPSA) is 21.6 Å². The molecule has 0 amide bonds. The van der Waals surface area contributed by atoms with Crippen molar-refractivity contribution in [2.24, 2.45) is 10.6 Å². The summed E-state index contributed by atoms with van der Waals surface area (Å²) >= 11 is 0. The zero-order chi connectivity index (χ0) is 20.6. The maximum atomic E-state index is 6.37. The van der Waals surface area contributed by atoms with Crippen molar-refractivity contribution in [3.63, 3.8) is 0 Å². The molecule has 0 saturated heterocycles. The standard InChI is InChI=1S/C27H37NO/c1-4-6-8-15-21-26(3,20-7-5-2)25-22-27(29-28-25,23-16-11-9-12-17-23)24-18-13-10-14-19-24/h9-14,16-19H,4-8,15,20-22H2,1-3H3. The van der Waals surface area contributed by atoms with Crippen molar-refractivity contribution in [2.45, 2.75) is 84.2 Å². The largest absolute Gasteiger partial charge is 0.379 e. The SMILES string of the molecule is CCCCCCC(C)(CCCC)C1=NOC(c2ccccc2)(c2ccccc2)C1. The first kappa shape index (κ1) is 21.6. The molecule has 29 heavy (non-hydrogen) atoms. The minimum Gasteiger partial charge on any atom is -0.379 e. The number of benzene rings is 2. The molecule has 0 radical (unpaired) electrons. The summed E-state index contributed by atoms with van der Waals surface area (Å²) in [7, 11) is 0. The van der Waals surface area contributed by atoms with E-state index in [4.69, 9.17) is 9.99 Å². The minimum atomic E-state index is -0.505. The van der Waals surface area contributed by atoms with Gasteiger partial charge in [0, 0.05) is 23.0 Å². The van der Waals surface area contributed by atoms with Crippen molar-refractivity contribution in [1.29, 1.82) is 0 Å². The van der Waals surface area contributed by atoms with Gasteiger partial charge in [-0.25, -0.2) is 0 Å². The molecule has 3 rings (SSSR count). The molecular formula is C27H37NO. The van der Waals surface area contributed by atoms with E-state index in [9.17, 15) is 0 Å². The van der Waals surface area contributed by atoms with E-state index in [1.165, 1.54) is 68.2 Å². The van der Waals surface area contributed by atoms with Gasteiger partial charge in [-0.1, -0.05) is 125 Å². The second-order valence-corrected chi connectivity index (χ2v) is 8.84. The van der Waals surface area contributed by atoms with Crippen LogP contribution in [0.5, 0.6) is 0 Å². The van der Waals surface area contributed by atoms with Crippen LogP contribution in [0, 0.1) is 5.41 Å². The Morgan fingerprint density at radius 1 is 0.793 bits per heavy atom. The van der Waals surface area contributed by atoms with E-state index in [0.717, 1.165) is 6.42 Å². The van der Waals surface area contributed by atoms with Crippen LogP contribution in [0.15, 0.2) is 65.8 Å². The molecular weight excluding hydrogens is 354 g/mol. The van der Waals surface area contributed by atoms with Gasteiger partial charge in [-0.3, -0.25) is 0 Å². The van der Waals surface area contributed by atoms with E-state index in [0.29, 0.717) is 0 Å². The molecule has 1 aliphatic rings. The molecule has 1 unspecified atom stereocenters. The second-order valence-electron chi connectivity index (χ2n) is 8.84. The van der Waals surface area contributed by atoms with Gasteiger partial charge in [0.2, 0.25) is 0 Å². The van der Waals surface area contributed by atoms with E-state index in [1.54, 1.807) is 0 Å². The van der Waals surface area contributed by atoms with Crippen LogP contribution in [0.3, 0.4) is 0 Å². The summed E-state index contributed by atoms with van der Waals surface area (Å²) in [5.41, 5.74) is 3.24. The predicted octanol–water partition coefficient (Wildman–Crippen LogP) is 7.87. The van der Waals surface area contributed by atoms with E-state index in [2.05, 4.69) is 81.4 Å². The molecule has 0 saturated carbocycles. The van der Waals surface area contributed by atoms with Gasteiger partial charge in [0.05, 0.1) is 5.71 Å². The Hall–Kier alpha value is -2.09. The van der Waals surface area contributed by atoms with Gasteiger partial charge in [0.25, 0.3) is 0 Å². The first-order valence-electron chi connectivity index (χ1n) is 11.5. The fourth-order valence-electron chi connectivity index (χ4n) is 4.57. The summed E-state index contributed by atoms with van der Waals surface area (Å²) in [4.78, 5) is 6.37. The molecule has 1 heterocycles. The first-order chi connectivity index (χ1) is 14.1. The lowest BCUT2D eigenvalue weighted by Gasteiger charge is -2.32. The van der Waals surface area contributed by atoms with Crippen molar-refractivity contribution in [3.05, 3.63) is 71.8 Å². The lowest BCUT2D eigenvalue weighted by Crippen LogP contribution is -2.33. The Kier molecular flexibility index (Phi) is 7.52. The molecule has 0 N–H and O–H groups in total. The number of hydrogen-bond acceptors (Lipinski definition) is 2. The third-order valence-corrected chi connectivity index (χ3v) is 6.57. The van der Waals surface area contributed by atoms with Crippen LogP contribution in [0.1, 0.15) is 89.7 Å². The fourth-order valence-corrected chi connectivity index (χ4v) is 4.57. The molecule has 1 aliphatic heterocycles. The first-order valence-corrected chi connectivity index (χ1v) is 11.5. The van der Waals surface area contributed by atoms with E-state index in [-0.39, 0.29) is 5.41 Å². The normalized spacial score (nSPS) is 17.4. The third kappa shape index (κ3) is 4.91. The Morgan fingerprint density at radius 2 is 1.34 bits per heavy atom. The van der Waals surface area contributed by atoms with E-state index < -0.39 is 5.60 Å². The highest BCUT2D eigenvalue weighted by atomic mass is 16.7. The zero-order valence-electron chi connectivity index (χ0n) is 18.5. The van der Waals surface area contributed by atoms with Gasteiger partial charge in [-0.05, 0) is 12.8 Å². The maximum Gasteiger partial charge on any atom is 0.193 e. The molecule has 1 atom stereocenters. The van der Waals surface area contributed by atoms with Crippen LogP contribution in [-0.2, 0) is 10.4 Å². The molecule has 156 valence electrons. The number of oxime groups is 1. The summed E-state index contributed by atoms with van der Waals surface area (Å²) in [6, 6.07) is 21.2. The summed E-state index contributed by atoms with van der Waals surface area (Å²) in [5, 5.41) is 4.78. The molecule has 0 bridgehead atoms. The van der Waals surface area contributed by atoms with Crippen molar-refractivity contribution in [1.82, 2.24) is 0 Å². The van der Waals surface area contributed by atoms with Crippen molar-refractivity contribution in [2.75, 3.05) is 0 Å². The van der Waals surface area contributed by atoms with E-state index in [1.807, 2.05) is 0 Å². The van der Waals surface area contributed by atoms with Gasteiger partial charge in [-0.2, -0.15) is 0 Å². The average Bonchev–Trinajstić information content (AvgIpc) is 3.24. The summed E-state index contributed by atoms with van der Waals surface area (Å²) < 4.78 is 0. The Bertz CT molecular complexity index is 728. The number of hydrogen-bond donors (Lipinski definition) is 0. The molecule has 0 aromatic heterocycles. The lowest BCUT2D eigenvalue weighted by atomic mass is 9.71. The van der Waals surface area contributed by atoms with Crippen molar-refractivity contribution in [3.8, 4) is 0 Å². The number of nitrogens with zero attached hydrogens (tertiary/aromatic N) is 1. The van der Waals surface area contributed by atoms with Gasteiger partial charge >= 0.3 is 0 Å². The van der Waals surface area contributed by atoms with Gasteiger partial charge < -0.3 is 4.84 Å². The Morgan fingerprint density at radius 3 is 1.90 bits per heavy atom. The van der Waals surface area contributed by atoms with Crippen LogP contribution < -0.4 is 0 Å². The molecule has 2 nitrogen and oxygen atoms in total. The van der Waals surface area contributed by atoms with E-state index >= 15 is 0 Å². The van der Waals surface area contributed by atoms with Crippen LogP contribution in [0.2, 0.25) is 0 Å². The predicted molar refractivity (Wildman–Crippen MR) is 123 cm³/mol. The second kappa shape index (κ2) is 10.1. The molecule has 0 spiro atoms. The monoisotopic (exact) mass is 391 g/mol. The summed E-state index contributed by atoms with van der Waals surface area (Å²) in [5.74, 6) is 0. The summed E-state index contributed by atoms with van der Waals surface area (Å²) in [6.45, 7) is 6.98. The quantitative estimate of drug-likeness (QED) is 0.357. The molecule has 0 aliphatic carbocycles. The molecule has 2 aromatic carbocycles. The maximum absolute atomic E-state index is 6.37. The lowest BCUT2D eigenvalue weighted by molar-refractivity contribution is 0.0112. The van der Waals surface area contributed by atoms with Gasteiger partial charge in [0.15, 0.2) is 5.60 Å². The summed E-state index contributed by atoms with van der Waals surface area (Å²) in [6.07, 6.45) is 10.9. The van der Waals surface area contributed by atoms with Crippen molar-refractivity contribution >= 4 is 5.71 Å². The van der Waals surface area contributed by atoms with Crippen LogP contribution in [-0.4, -0.2) is 5.71 Å². The molecule has 2 aromatic rings. The third-order valence-electron chi connectivity index (χ3n) is 6.57. The highest BCUT2D eigenvalue weighted by molar-refractivity contribution is 5.92. The average molecular weight is 392 g/mol. The fraction of sp³-hybridized carbons (Fsp3) is 0.519. The van der Waals surface area contributed by atoms with Crippen LogP contribution >= 0.6 is 0 Å². The minimum absolute atomic E-state index is 0.120. The zero-order valence-corrected chi connectivity index (χ0v) is 18.5.